The second-order valence-electron chi connectivity index (χ2n) is 2.92. The van der Waals surface area contributed by atoms with Gasteiger partial charge in [0.25, 0.3) is 0 Å². The van der Waals surface area contributed by atoms with Crippen molar-refractivity contribution in [1.82, 2.24) is 9.55 Å². The molecule has 1 aromatic heterocycles. The lowest BCUT2D eigenvalue weighted by atomic mass is 10.4. The number of hydrogen-bond donors (Lipinski definition) is 1. The summed E-state index contributed by atoms with van der Waals surface area (Å²) in [4.78, 5) is 14.2. The lowest BCUT2D eigenvalue weighted by molar-refractivity contribution is -0.392. The summed E-state index contributed by atoms with van der Waals surface area (Å²) in [5, 5.41) is 19.2. The molecule has 1 aromatic rings. The third-order valence-corrected chi connectivity index (χ3v) is 1.91. The van der Waals surface area contributed by atoms with E-state index in [0.29, 0.717) is 5.82 Å². The Morgan fingerprint density at radius 1 is 1.67 bits per heavy atom. The van der Waals surface area contributed by atoms with Gasteiger partial charge in [0.05, 0.1) is 13.7 Å². The minimum Gasteiger partial charge on any atom is -0.395 e. The fraction of sp³-hybridized carbons (Fsp3) is 0.444. The second-order valence-corrected chi connectivity index (χ2v) is 2.92. The number of aromatic nitrogens is 2. The van der Waals surface area contributed by atoms with E-state index in [2.05, 4.69) is 16.8 Å². The predicted molar refractivity (Wildman–Crippen MR) is 53.2 cm³/mol. The van der Waals surface area contributed by atoms with Gasteiger partial charge >= 0.3 is 5.82 Å². The van der Waals surface area contributed by atoms with Gasteiger partial charge in [0, 0.05) is 13.3 Å². The molecule has 0 aromatic carbocycles. The van der Waals surface area contributed by atoms with Crippen LogP contribution in [0.5, 0.6) is 0 Å². The van der Waals surface area contributed by atoms with E-state index in [0.717, 1.165) is 0 Å². The Balaban J connectivity index is 3.14. The molecule has 6 heteroatoms. The molecule has 1 heterocycles. The minimum absolute atomic E-state index is 0.0629. The molecule has 0 saturated carbocycles. The van der Waals surface area contributed by atoms with Crippen molar-refractivity contribution in [2.45, 2.75) is 13.3 Å². The van der Waals surface area contributed by atoms with Gasteiger partial charge in [-0.15, -0.1) is 0 Å². The number of imidazole rings is 1. The first-order valence-corrected chi connectivity index (χ1v) is 4.35. The van der Waals surface area contributed by atoms with Crippen molar-refractivity contribution >= 4 is 5.82 Å². The number of rotatable bonds is 2. The Bertz CT molecular complexity index is 439. The zero-order valence-electron chi connectivity index (χ0n) is 8.52. The average molecular weight is 209 g/mol. The summed E-state index contributed by atoms with van der Waals surface area (Å²) in [5.74, 6) is 5.60. The number of aryl methyl sites for hydroxylation is 1. The molecule has 0 aliphatic heterocycles. The largest absolute Gasteiger partial charge is 0.395 e. The van der Waals surface area contributed by atoms with Gasteiger partial charge in [0.2, 0.25) is 5.69 Å². The van der Waals surface area contributed by atoms with Crippen molar-refractivity contribution in [3.63, 3.8) is 0 Å². The third kappa shape index (κ3) is 2.33. The molecular weight excluding hydrogens is 198 g/mol. The first kappa shape index (κ1) is 11.2. The number of aliphatic hydroxyl groups excluding tert-OH is 1. The standard InChI is InChI=1S/C9H11N3O3/c1-7-10-8(5-3-4-6-13)9(11(7)2)12(14)15/h13H,4,6H2,1-2H3. The van der Waals surface area contributed by atoms with E-state index in [9.17, 15) is 10.1 Å². The zero-order chi connectivity index (χ0) is 11.4. The molecule has 0 bridgehead atoms. The minimum atomic E-state index is -0.511. The van der Waals surface area contributed by atoms with Gasteiger partial charge in [-0.05, 0) is 10.8 Å². The van der Waals surface area contributed by atoms with E-state index in [4.69, 9.17) is 5.11 Å². The molecule has 0 radical (unpaired) electrons. The smallest absolute Gasteiger partial charge is 0.358 e. The molecule has 1 rings (SSSR count). The topological polar surface area (TPSA) is 81.2 Å². The van der Waals surface area contributed by atoms with Crippen molar-refractivity contribution in [3.05, 3.63) is 21.6 Å². The second kappa shape index (κ2) is 4.57. The Hall–Kier alpha value is -1.87. The molecule has 0 amide bonds. The zero-order valence-corrected chi connectivity index (χ0v) is 8.52. The van der Waals surface area contributed by atoms with Crippen LogP contribution in [0.2, 0.25) is 0 Å². The fourth-order valence-corrected chi connectivity index (χ4v) is 1.09. The number of hydrogen-bond acceptors (Lipinski definition) is 4. The Morgan fingerprint density at radius 2 is 2.33 bits per heavy atom. The molecular formula is C9H11N3O3. The van der Waals surface area contributed by atoms with Gasteiger partial charge in [-0.1, -0.05) is 5.92 Å². The highest BCUT2D eigenvalue weighted by atomic mass is 16.6. The van der Waals surface area contributed by atoms with Crippen LogP contribution in [0.3, 0.4) is 0 Å². The normalized spacial score (nSPS) is 9.53. The molecule has 80 valence electrons. The van der Waals surface area contributed by atoms with Gasteiger partial charge < -0.3 is 15.2 Å². The average Bonchev–Trinajstić information content (AvgIpc) is 2.43. The summed E-state index contributed by atoms with van der Waals surface area (Å²) in [6.45, 7) is 1.61. The molecule has 0 unspecified atom stereocenters. The van der Waals surface area contributed by atoms with E-state index < -0.39 is 4.92 Å². The molecule has 0 aliphatic carbocycles. The summed E-state index contributed by atoms with van der Waals surface area (Å²) < 4.78 is 1.38. The highest BCUT2D eigenvalue weighted by Crippen LogP contribution is 2.17. The molecule has 0 saturated heterocycles. The molecule has 0 spiro atoms. The Morgan fingerprint density at radius 3 is 2.87 bits per heavy atom. The van der Waals surface area contributed by atoms with Crippen LogP contribution in [0.15, 0.2) is 0 Å². The maximum absolute atomic E-state index is 10.7. The highest BCUT2D eigenvalue weighted by molar-refractivity contribution is 5.43. The third-order valence-electron chi connectivity index (χ3n) is 1.91. The van der Waals surface area contributed by atoms with Crippen LogP contribution in [0.4, 0.5) is 5.82 Å². The summed E-state index contributed by atoms with van der Waals surface area (Å²) in [6.07, 6.45) is 0.285. The van der Waals surface area contributed by atoms with Crippen LogP contribution in [0.1, 0.15) is 17.9 Å². The quantitative estimate of drug-likeness (QED) is 0.433. The van der Waals surface area contributed by atoms with Gasteiger partial charge in [-0.25, -0.2) is 4.57 Å². The van der Waals surface area contributed by atoms with Crippen molar-refractivity contribution < 1.29 is 10.0 Å². The number of aliphatic hydroxyl groups is 1. The van der Waals surface area contributed by atoms with Crippen LogP contribution in [-0.4, -0.2) is 26.2 Å². The van der Waals surface area contributed by atoms with Crippen LogP contribution in [0.25, 0.3) is 0 Å². The highest BCUT2D eigenvalue weighted by Gasteiger charge is 2.20. The van der Waals surface area contributed by atoms with Crippen molar-refractivity contribution in [1.29, 1.82) is 0 Å². The maximum atomic E-state index is 10.7. The first-order chi connectivity index (χ1) is 7.07. The van der Waals surface area contributed by atoms with Crippen molar-refractivity contribution in [3.8, 4) is 11.8 Å². The molecule has 0 aliphatic rings. The fourth-order valence-electron chi connectivity index (χ4n) is 1.09. The first-order valence-electron chi connectivity index (χ1n) is 4.35. The SMILES string of the molecule is Cc1nc(C#CCCO)c([N+](=O)[O-])n1C. The molecule has 15 heavy (non-hydrogen) atoms. The van der Waals surface area contributed by atoms with Crippen molar-refractivity contribution in [2.24, 2.45) is 7.05 Å². The van der Waals surface area contributed by atoms with Crippen LogP contribution < -0.4 is 0 Å². The van der Waals surface area contributed by atoms with E-state index in [1.807, 2.05) is 0 Å². The lowest BCUT2D eigenvalue weighted by Crippen LogP contribution is -1.99. The van der Waals surface area contributed by atoms with Crippen LogP contribution in [0, 0.1) is 28.9 Å². The molecule has 6 nitrogen and oxygen atoms in total. The van der Waals surface area contributed by atoms with Crippen LogP contribution in [-0.2, 0) is 7.05 Å². The Kier molecular flexibility index (Phi) is 3.42. The Labute approximate surface area is 86.7 Å². The molecule has 0 fully saturated rings. The lowest BCUT2D eigenvalue weighted by Gasteiger charge is -1.94. The van der Waals surface area contributed by atoms with Gasteiger partial charge in [-0.2, -0.15) is 4.98 Å². The van der Waals surface area contributed by atoms with Crippen molar-refractivity contribution in [2.75, 3.05) is 6.61 Å². The van der Waals surface area contributed by atoms with E-state index in [-0.39, 0.29) is 24.5 Å². The monoisotopic (exact) mass is 209 g/mol. The summed E-state index contributed by atoms with van der Waals surface area (Å²) in [7, 11) is 1.57. The summed E-state index contributed by atoms with van der Waals surface area (Å²) >= 11 is 0. The van der Waals surface area contributed by atoms with E-state index in [1.54, 1.807) is 14.0 Å². The maximum Gasteiger partial charge on any atom is 0.358 e. The van der Waals surface area contributed by atoms with Gasteiger partial charge in [0.15, 0.2) is 5.82 Å². The van der Waals surface area contributed by atoms with Gasteiger partial charge in [-0.3, -0.25) is 0 Å². The van der Waals surface area contributed by atoms with E-state index >= 15 is 0 Å². The molecule has 0 atom stereocenters. The number of nitrogens with zero attached hydrogens (tertiary/aromatic N) is 3. The van der Waals surface area contributed by atoms with Gasteiger partial charge in [0.1, 0.15) is 0 Å². The van der Waals surface area contributed by atoms with E-state index in [1.165, 1.54) is 4.57 Å². The summed E-state index contributed by atoms with van der Waals surface area (Å²) in [5.41, 5.74) is 0.147. The summed E-state index contributed by atoms with van der Waals surface area (Å²) in [6, 6.07) is 0. The molecule has 1 N–H and O–H groups in total. The predicted octanol–water partition coefficient (Wildman–Crippen LogP) is 0.371. The van der Waals surface area contributed by atoms with Crippen LogP contribution >= 0.6 is 0 Å². The number of nitro groups is 1.